The van der Waals surface area contributed by atoms with Gasteiger partial charge in [0, 0.05) is 19.4 Å². The van der Waals surface area contributed by atoms with Crippen molar-refractivity contribution in [2.75, 3.05) is 0 Å². The Bertz CT molecular complexity index is 583. The average molecular weight is 292 g/mol. The van der Waals surface area contributed by atoms with Crippen LogP contribution in [0.2, 0.25) is 0 Å². The number of hydrogen-bond acceptors (Lipinski definition) is 2. The first-order valence-corrected chi connectivity index (χ1v) is 6.73. The number of hydrogen-bond donors (Lipinski definition) is 1. The molecule has 0 saturated heterocycles. The normalized spacial score (nSPS) is 18.9. The van der Waals surface area contributed by atoms with Gasteiger partial charge in [-0.25, -0.2) is 0 Å². The van der Waals surface area contributed by atoms with E-state index in [2.05, 4.69) is 57.7 Å². The molecule has 0 aliphatic carbocycles. The second-order valence-electron chi connectivity index (χ2n) is 3.66. The highest BCUT2D eigenvalue weighted by Crippen LogP contribution is 2.39. The number of fused-ring (bicyclic) bond motifs is 1. The van der Waals surface area contributed by atoms with Crippen LogP contribution in [0.5, 0.6) is 0 Å². The van der Waals surface area contributed by atoms with E-state index in [0.29, 0.717) is 0 Å². The Balaban J connectivity index is 2.13. The van der Waals surface area contributed by atoms with Crippen molar-refractivity contribution in [2.45, 2.75) is 6.04 Å². The summed E-state index contributed by atoms with van der Waals surface area (Å²) in [5.41, 5.74) is 0. The topological polar surface area (TPSA) is 12.0 Å². The lowest BCUT2D eigenvalue weighted by Crippen LogP contribution is -2.13. The zero-order chi connectivity index (χ0) is 11.0. The van der Waals surface area contributed by atoms with Crippen LogP contribution in [0.4, 0.5) is 0 Å². The number of thiophene rings is 1. The summed E-state index contributed by atoms with van der Waals surface area (Å²) in [5.74, 6) is 0. The quantitative estimate of drug-likeness (QED) is 0.822. The lowest BCUT2D eigenvalue weighted by Gasteiger charge is -2.14. The van der Waals surface area contributed by atoms with Gasteiger partial charge in [-0.3, -0.25) is 0 Å². The summed E-state index contributed by atoms with van der Waals surface area (Å²) in [5, 5.41) is 4.65. The fourth-order valence-electron chi connectivity index (χ4n) is 1.84. The van der Waals surface area contributed by atoms with Gasteiger partial charge >= 0.3 is 0 Å². The molecule has 1 nitrogen and oxygen atoms in total. The van der Waals surface area contributed by atoms with Crippen LogP contribution in [0.15, 0.2) is 53.2 Å². The van der Waals surface area contributed by atoms with Gasteiger partial charge in [0.1, 0.15) is 0 Å². The maximum Gasteiger partial charge on any atom is 0.0800 e. The van der Waals surface area contributed by atoms with Crippen LogP contribution in [0.25, 0.3) is 10.1 Å². The van der Waals surface area contributed by atoms with Gasteiger partial charge in [0.15, 0.2) is 0 Å². The predicted molar refractivity (Wildman–Crippen MR) is 73.7 cm³/mol. The van der Waals surface area contributed by atoms with Gasteiger partial charge in [-0.05, 0) is 34.3 Å². The Labute approximate surface area is 107 Å². The van der Waals surface area contributed by atoms with E-state index in [1.807, 2.05) is 23.6 Å². The first-order valence-electron chi connectivity index (χ1n) is 5.12. The third kappa shape index (κ3) is 1.60. The van der Waals surface area contributed by atoms with Crippen LogP contribution in [-0.2, 0) is 0 Å². The predicted octanol–water partition coefficient (Wildman–Crippen LogP) is 4.38. The Morgan fingerprint density at radius 1 is 1.19 bits per heavy atom. The summed E-state index contributed by atoms with van der Waals surface area (Å²) in [7, 11) is 0. The minimum Gasteiger partial charge on any atom is -0.380 e. The van der Waals surface area contributed by atoms with E-state index in [0.717, 1.165) is 0 Å². The van der Waals surface area contributed by atoms with Gasteiger partial charge in [-0.15, -0.1) is 11.3 Å². The van der Waals surface area contributed by atoms with E-state index in [4.69, 9.17) is 0 Å². The van der Waals surface area contributed by atoms with Gasteiger partial charge in [-0.1, -0.05) is 30.4 Å². The standard InChI is InChI=1S/C13H10BrNS/c14-12-9-5-1-2-7-11(9)16-13(12)10-6-3-4-8-15-10/h1-8,10,15H. The summed E-state index contributed by atoms with van der Waals surface area (Å²) >= 11 is 5.54. The molecule has 1 aliphatic rings. The second kappa shape index (κ2) is 4.07. The second-order valence-corrected chi connectivity index (χ2v) is 5.54. The lowest BCUT2D eigenvalue weighted by atomic mass is 10.1. The maximum atomic E-state index is 3.70. The van der Waals surface area contributed by atoms with Gasteiger partial charge in [0.2, 0.25) is 0 Å². The molecule has 2 heterocycles. The van der Waals surface area contributed by atoms with E-state index in [1.54, 1.807) is 0 Å². The first kappa shape index (κ1) is 10.1. The number of allylic oxidation sites excluding steroid dienone is 2. The van der Waals surface area contributed by atoms with E-state index >= 15 is 0 Å². The van der Waals surface area contributed by atoms with Crippen LogP contribution in [0.1, 0.15) is 10.9 Å². The van der Waals surface area contributed by atoms with Gasteiger partial charge in [0.05, 0.1) is 6.04 Å². The molecule has 1 aromatic heterocycles. The first-order chi connectivity index (χ1) is 7.86. The van der Waals surface area contributed by atoms with Crippen molar-refractivity contribution in [3.05, 3.63) is 58.0 Å². The smallest absolute Gasteiger partial charge is 0.0800 e. The van der Waals surface area contributed by atoms with Gasteiger partial charge in [-0.2, -0.15) is 0 Å². The van der Waals surface area contributed by atoms with Crippen molar-refractivity contribution in [3.63, 3.8) is 0 Å². The highest BCUT2D eigenvalue weighted by molar-refractivity contribution is 9.10. The fraction of sp³-hybridized carbons (Fsp3) is 0.0769. The SMILES string of the molecule is Brc1c(C2C=CC=CN2)sc2ccccc12. The molecule has 0 spiro atoms. The number of nitrogens with one attached hydrogen (secondary N) is 1. The van der Waals surface area contributed by atoms with Crippen LogP contribution < -0.4 is 5.32 Å². The fourth-order valence-corrected chi connectivity index (χ4v) is 3.94. The molecule has 16 heavy (non-hydrogen) atoms. The summed E-state index contributed by atoms with van der Waals surface area (Å²) < 4.78 is 2.54. The van der Waals surface area contributed by atoms with E-state index in [1.165, 1.54) is 19.4 Å². The van der Waals surface area contributed by atoms with E-state index < -0.39 is 0 Å². The summed E-state index contributed by atoms with van der Waals surface area (Å²) in [4.78, 5) is 1.34. The molecule has 0 saturated carbocycles. The Kier molecular flexibility index (Phi) is 2.58. The molecular weight excluding hydrogens is 282 g/mol. The molecule has 0 fully saturated rings. The largest absolute Gasteiger partial charge is 0.380 e. The molecule has 3 heteroatoms. The van der Waals surface area contributed by atoms with Crippen LogP contribution >= 0.6 is 27.3 Å². The summed E-state index contributed by atoms with van der Waals surface area (Å²) in [6.45, 7) is 0. The highest BCUT2D eigenvalue weighted by atomic mass is 79.9. The van der Waals surface area contributed by atoms with Crippen molar-refractivity contribution in [3.8, 4) is 0 Å². The molecule has 0 radical (unpaired) electrons. The maximum absolute atomic E-state index is 3.70. The number of benzene rings is 1. The zero-order valence-electron chi connectivity index (χ0n) is 8.48. The van der Waals surface area contributed by atoms with Crippen molar-refractivity contribution in [1.29, 1.82) is 0 Å². The van der Waals surface area contributed by atoms with Crippen LogP contribution in [-0.4, -0.2) is 0 Å². The van der Waals surface area contributed by atoms with Gasteiger partial charge in [0.25, 0.3) is 0 Å². The van der Waals surface area contributed by atoms with Crippen LogP contribution in [0.3, 0.4) is 0 Å². The monoisotopic (exact) mass is 291 g/mol. The summed E-state index contributed by atoms with van der Waals surface area (Å²) in [6, 6.07) is 8.77. The van der Waals surface area contributed by atoms with Crippen molar-refractivity contribution in [1.82, 2.24) is 5.32 Å². The molecule has 80 valence electrons. The van der Waals surface area contributed by atoms with Crippen molar-refractivity contribution >= 4 is 37.4 Å². The highest BCUT2D eigenvalue weighted by Gasteiger charge is 2.16. The molecule has 3 rings (SSSR count). The van der Waals surface area contributed by atoms with Crippen molar-refractivity contribution < 1.29 is 0 Å². The number of rotatable bonds is 1. The zero-order valence-corrected chi connectivity index (χ0v) is 10.9. The van der Waals surface area contributed by atoms with E-state index in [9.17, 15) is 0 Å². The summed E-state index contributed by atoms with van der Waals surface area (Å²) in [6.07, 6.45) is 8.26. The molecule has 1 unspecified atom stereocenters. The number of halogens is 1. The lowest BCUT2D eigenvalue weighted by molar-refractivity contribution is 0.758. The Morgan fingerprint density at radius 3 is 2.81 bits per heavy atom. The minimum atomic E-state index is 0.289. The third-order valence-electron chi connectivity index (χ3n) is 2.63. The molecule has 1 N–H and O–H groups in total. The molecule has 1 aromatic carbocycles. The molecule has 1 aliphatic heterocycles. The Morgan fingerprint density at radius 2 is 2.06 bits per heavy atom. The van der Waals surface area contributed by atoms with Gasteiger partial charge < -0.3 is 5.32 Å². The molecular formula is C13H10BrNS. The Hall–Kier alpha value is -1.06. The third-order valence-corrected chi connectivity index (χ3v) is 5.00. The molecule has 0 amide bonds. The molecule has 1 atom stereocenters. The average Bonchev–Trinajstić information content (AvgIpc) is 2.69. The minimum absolute atomic E-state index is 0.289. The number of dihydropyridines is 1. The molecule has 2 aromatic rings. The van der Waals surface area contributed by atoms with E-state index in [-0.39, 0.29) is 6.04 Å². The van der Waals surface area contributed by atoms with Crippen LogP contribution in [0, 0.1) is 0 Å². The van der Waals surface area contributed by atoms with Crippen molar-refractivity contribution in [2.24, 2.45) is 0 Å². The molecule has 0 bridgehead atoms.